The summed E-state index contributed by atoms with van der Waals surface area (Å²) in [5.41, 5.74) is 0.338. The van der Waals surface area contributed by atoms with Crippen molar-refractivity contribution in [2.24, 2.45) is 17.3 Å². The third-order valence-electron chi connectivity index (χ3n) is 5.16. The maximum absolute atomic E-state index is 12.5. The summed E-state index contributed by atoms with van der Waals surface area (Å²) in [5.74, 6) is 1.61. The molecule has 3 heterocycles. The van der Waals surface area contributed by atoms with Crippen LogP contribution in [0.4, 0.5) is 5.88 Å². The van der Waals surface area contributed by atoms with Crippen molar-refractivity contribution in [3.63, 3.8) is 0 Å². The summed E-state index contributed by atoms with van der Waals surface area (Å²) in [6.45, 7) is 12.7. The lowest BCUT2D eigenvalue weighted by Crippen LogP contribution is -2.42. The number of nitrogens with one attached hydrogen (secondary N) is 1. The van der Waals surface area contributed by atoms with E-state index in [4.69, 9.17) is 4.52 Å². The first kappa shape index (κ1) is 18.2. The molecule has 2 fully saturated rings. The molecule has 0 aliphatic carbocycles. The van der Waals surface area contributed by atoms with E-state index < -0.39 is 0 Å². The smallest absolute Gasteiger partial charge is 0.247 e. The molecule has 1 atom stereocenters. The number of hydrogen-bond acceptors (Lipinski definition) is 6. The molecule has 0 bridgehead atoms. The minimum absolute atomic E-state index is 0.110. The molecule has 7 nitrogen and oxygen atoms in total. The van der Waals surface area contributed by atoms with Crippen LogP contribution in [0.3, 0.4) is 0 Å². The molecule has 1 amide bonds. The van der Waals surface area contributed by atoms with Crippen LogP contribution >= 0.6 is 0 Å². The second-order valence-electron chi connectivity index (χ2n) is 8.71. The van der Waals surface area contributed by atoms with E-state index in [1.807, 2.05) is 0 Å². The lowest BCUT2D eigenvalue weighted by atomic mass is 9.95. The minimum atomic E-state index is 0.110. The third-order valence-corrected chi connectivity index (χ3v) is 5.16. The van der Waals surface area contributed by atoms with Crippen LogP contribution < -0.4 is 10.2 Å². The Labute approximate surface area is 150 Å². The number of carbonyl (C=O) groups is 1. The number of likely N-dealkylation sites (tertiary alicyclic amines) is 1. The van der Waals surface area contributed by atoms with E-state index in [9.17, 15) is 4.79 Å². The van der Waals surface area contributed by atoms with Crippen LogP contribution in [-0.2, 0) is 4.79 Å². The molecule has 1 aromatic rings. The van der Waals surface area contributed by atoms with Crippen LogP contribution in [0.5, 0.6) is 0 Å². The zero-order chi connectivity index (χ0) is 17.9. The van der Waals surface area contributed by atoms with Gasteiger partial charge in [-0.3, -0.25) is 4.79 Å². The van der Waals surface area contributed by atoms with E-state index in [0.717, 1.165) is 52.1 Å². The molecular formula is C18H31N5O2. The Morgan fingerprint density at radius 3 is 2.68 bits per heavy atom. The highest BCUT2D eigenvalue weighted by Crippen LogP contribution is 2.24. The van der Waals surface area contributed by atoms with Crippen molar-refractivity contribution >= 4 is 11.8 Å². The van der Waals surface area contributed by atoms with Crippen LogP contribution in [0.15, 0.2) is 10.7 Å². The number of anilines is 1. The fourth-order valence-electron chi connectivity index (χ4n) is 3.95. The van der Waals surface area contributed by atoms with Crippen molar-refractivity contribution in [2.75, 3.05) is 44.2 Å². The average molecular weight is 349 g/mol. The first-order chi connectivity index (χ1) is 11.9. The topological polar surface area (TPSA) is 74.5 Å². The van der Waals surface area contributed by atoms with Crippen LogP contribution in [0.25, 0.3) is 0 Å². The highest BCUT2D eigenvalue weighted by molar-refractivity contribution is 5.78. The zero-order valence-corrected chi connectivity index (χ0v) is 15.7. The summed E-state index contributed by atoms with van der Waals surface area (Å²) in [6.07, 6.45) is 4.53. The monoisotopic (exact) mass is 349 g/mol. The summed E-state index contributed by atoms with van der Waals surface area (Å²) in [4.78, 5) is 17.1. The van der Waals surface area contributed by atoms with Crippen LogP contribution in [0.2, 0.25) is 0 Å². The van der Waals surface area contributed by atoms with Gasteiger partial charge in [-0.15, -0.1) is 5.10 Å². The number of carbonyl (C=O) groups excluding carboxylic acids is 1. The molecule has 1 unspecified atom stereocenters. The Kier molecular flexibility index (Phi) is 5.61. The SMILES string of the molecule is CC(C)(C)CN1CCC(CNC(=O)C2CCN(c3cnno3)CC2)C1. The van der Waals surface area contributed by atoms with Gasteiger partial charge in [0.2, 0.25) is 11.8 Å². The van der Waals surface area contributed by atoms with E-state index in [0.29, 0.717) is 17.2 Å². The van der Waals surface area contributed by atoms with E-state index >= 15 is 0 Å². The maximum Gasteiger partial charge on any atom is 0.247 e. The first-order valence-electron chi connectivity index (χ1n) is 9.43. The van der Waals surface area contributed by atoms with Crippen LogP contribution in [-0.4, -0.2) is 60.4 Å². The third kappa shape index (κ3) is 5.17. The molecule has 2 saturated heterocycles. The molecule has 7 heteroatoms. The van der Waals surface area contributed by atoms with Gasteiger partial charge in [-0.1, -0.05) is 20.8 Å². The highest BCUT2D eigenvalue weighted by Gasteiger charge is 2.29. The second-order valence-corrected chi connectivity index (χ2v) is 8.71. The van der Waals surface area contributed by atoms with Gasteiger partial charge >= 0.3 is 0 Å². The second kappa shape index (κ2) is 7.72. The Bertz CT molecular complexity index is 546. The fourth-order valence-corrected chi connectivity index (χ4v) is 3.95. The normalized spacial score (nSPS) is 23.2. The van der Waals surface area contributed by atoms with Crippen LogP contribution in [0, 0.1) is 17.3 Å². The summed E-state index contributed by atoms with van der Waals surface area (Å²) in [6, 6.07) is 0. The molecular weight excluding hydrogens is 318 g/mol. The molecule has 0 aromatic carbocycles. The standard InChI is InChI=1S/C18H31N5O2/c1-18(2,3)13-22-7-4-14(12-22)10-19-17(24)15-5-8-23(9-6-15)16-11-20-21-25-16/h11,14-15H,4-10,12-13H2,1-3H3,(H,19,24). The molecule has 2 aliphatic heterocycles. The molecule has 0 spiro atoms. The lowest BCUT2D eigenvalue weighted by molar-refractivity contribution is -0.125. The summed E-state index contributed by atoms with van der Waals surface area (Å²) >= 11 is 0. The summed E-state index contributed by atoms with van der Waals surface area (Å²) in [7, 11) is 0. The van der Waals surface area contributed by atoms with E-state index in [1.54, 1.807) is 6.20 Å². The van der Waals surface area contributed by atoms with Crippen molar-refractivity contribution in [1.82, 2.24) is 20.6 Å². The number of aromatic nitrogens is 2. The van der Waals surface area contributed by atoms with E-state index in [2.05, 4.69) is 46.3 Å². The van der Waals surface area contributed by atoms with Gasteiger partial charge in [0.1, 0.15) is 6.20 Å². The number of amides is 1. The minimum Gasteiger partial charge on any atom is -0.356 e. The number of hydrogen-bond donors (Lipinski definition) is 1. The van der Waals surface area contributed by atoms with Crippen molar-refractivity contribution in [1.29, 1.82) is 0 Å². The Balaban J connectivity index is 1.36. The van der Waals surface area contributed by atoms with Gasteiger partial charge in [-0.25, -0.2) is 0 Å². The Morgan fingerprint density at radius 1 is 1.28 bits per heavy atom. The lowest BCUT2D eigenvalue weighted by Gasteiger charge is -2.30. The van der Waals surface area contributed by atoms with E-state index in [-0.39, 0.29) is 11.8 Å². The van der Waals surface area contributed by atoms with Gasteiger partial charge in [0, 0.05) is 43.9 Å². The zero-order valence-electron chi connectivity index (χ0n) is 15.7. The summed E-state index contributed by atoms with van der Waals surface area (Å²) in [5, 5.41) is 10.4. The van der Waals surface area contributed by atoms with E-state index in [1.165, 1.54) is 6.42 Å². The fraction of sp³-hybridized carbons (Fsp3) is 0.833. The summed E-state index contributed by atoms with van der Waals surface area (Å²) < 4.78 is 5.09. The van der Waals surface area contributed by atoms with Gasteiger partial charge in [-0.05, 0) is 37.1 Å². The molecule has 140 valence electrons. The molecule has 0 radical (unpaired) electrons. The molecule has 1 N–H and O–H groups in total. The van der Waals surface area contributed by atoms with Gasteiger partial charge in [0.15, 0.2) is 0 Å². The van der Waals surface area contributed by atoms with Crippen molar-refractivity contribution in [3.05, 3.63) is 6.20 Å². The largest absolute Gasteiger partial charge is 0.356 e. The molecule has 25 heavy (non-hydrogen) atoms. The van der Waals surface area contributed by atoms with Gasteiger partial charge < -0.3 is 19.6 Å². The first-order valence-corrected chi connectivity index (χ1v) is 9.43. The quantitative estimate of drug-likeness (QED) is 0.873. The predicted octanol–water partition coefficient (Wildman–Crippen LogP) is 1.77. The van der Waals surface area contributed by atoms with Crippen molar-refractivity contribution < 1.29 is 9.32 Å². The van der Waals surface area contributed by atoms with Gasteiger partial charge in [-0.2, -0.15) is 0 Å². The predicted molar refractivity (Wildman–Crippen MR) is 96.2 cm³/mol. The molecule has 0 saturated carbocycles. The maximum atomic E-state index is 12.5. The number of nitrogens with zero attached hydrogens (tertiary/aromatic N) is 4. The Morgan fingerprint density at radius 2 is 2.04 bits per heavy atom. The van der Waals surface area contributed by atoms with Gasteiger partial charge in [0.05, 0.1) is 0 Å². The van der Waals surface area contributed by atoms with Crippen LogP contribution in [0.1, 0.15) is 40.0 Å². The van der Waals surface area contributed by atoms with Gasteiger partial charge in [0.25, 0.3) is 0 Å². The average Bonchev–Trinajstić information content (AvgIpc) is 3.23. The number of rotatable bonds is 5. The Hall–Kier alpha value is -1.63. The molecule has 2 aliphatic rings. The molecule has 3 rings (SSSR count). The highest BCUT2D eigenvalue weighted by atomic mass is 16.5. The number of piperidine rings is 1. The van der Waals surface area contributed by atoms with Crippen molar-refractivity contribution in [3.8, 4) is 0 Å². The molecule has 1 aromatic heterocycles. The van der Waals surface area contributed by atoms with Crippen molar-refractivity contribution in [2.45, 2.75) is 40.0 Å².